The molecular weight excluding hydrogens is 274 g/mol. The van der Waals surface area contributed by atoms with Gasteiger partial charge in [0.15, 0.2) is 0 Å². The molecule has 1 aromatic rings. The Labute approximate surface area is 122 Å². The summed E-state index contributed by atoms with van der Waals surface area (Å²) in [4.78, 5) is 18.2. The molecule has 1 aliphatic heterocycles. The number of carbonyl (C=O) groups excluding carboxylic acids is 1. The van der Waals surface area contributed by atoms with E-state index in [1.54, 1.807) is 18.3 Å². The Morgan fingerprint density at radius 3 is 2.90 bits per heavy atom. The molecule has 0 N–H and O–H groups in total. The molecule has 0 bridgehead atoms. The molecule has 106 valence electrons. The number of nitriles is 1. The number of ether oxygens (including phenoxy) is 1. The summed E-state index contributed by atoms with van der Waals surface area (Å²) in [5.41, 5.74) is 0.508. The molecule has 2 heterocycles. The predicted molar refractivity (Wildman–Crippen MR) is 76.3 cm³/mol. The second-order valence-electron chi connectivity index (χ2n) is 4.81. The van der Waals surface area contributed by atoms with Crippen LogP contribution in [0.3, 0.4) is 0 Å². The molecule has 2 atom stereocenters. The van der Waals surface area contributed by atoms with Crippen molar-refractivity contribution in [1.29, 1.82) is 5.26 Å². The molecule has 1 saturated heterocycles. The Hall–Kier alpha value is -1.58. The Morgan fingerprint density at radius 1 is 1.55 bits per heavy atom. The van der Waals surface area contributed by atoms with Crippen LogP contribution in [0.15, 0.2) is 23.4 Å². The molecule has 0 aliphatic carbocycles. The van der Waals surface area contributed by atoms with Gasteiger partial charge in [0.2, 0.25) is 5.91 Å². The maximum atomic E-state index is 12.2. The molecule has 1 amide bonds. The zero-order chi connectivity index (χ0) is 14.5. The molecule has 1 aromatic heterocycles. The van der Waals surface area contributed by atoms with Crippen LogP contribution in [0, 0.1) is 11.3 Å². The van der Waals surface area contributed by atoms with Crippen LogP contribution in [0.25, 0.3) is 0 Å². The average molecular weight is 291 g/mol. The van der Waals surface area contributed by atoms with E-state index < -0.39 is 0 Å². The van der Waals surface area contributed by atoms with Crippen molar-refractivity contribution in [2.45, 2.75) is 31.1 Å². The predicted octanol–water partition coefficient (Wildman–Crippen LogP) is 1.68. The summed E-state index contributed by atoms with van der Waals surface area (Å²) in [5, 5.41) is 9.60. The van der Waals surface area contributed by atoms with Crippen molar-refractivity contribution in [3.8, 4) is 6.07 Å². The van der Waals surface area contributed by atoms with Gasteiger partial charge in [-0.2, -0.15) is 5.26 Å². The van der Waals surface area contributed by atoms with E-state index in [9.17, 15) is 4.79 Å². The maximum absolute atomic E-state index is 12.2. The van der Waals surface area contributed by atoms with Gasteiger partial charge in [-0.15, -0.1) is 0 Å². The highest BCUT2D eigenvalue weighted by molar-refractivity contribution is 7.99. The molecule has 0 radical (unpaired) electrons. The van der Waals surface area contributed by atoms with Gasteiger partial charge in [0.1, 0.15) is 11.1 Å². The molecule has 20 heavy (non-hydrogen) atoms. The number of pyridine rings is 1. The second kappa shape index (κ2) is 6.73. The van der Waals surface area contributed by atoms with E-state index in [1.807, 2.05) is 18.7 Å². The van der Waals surface area contributed by atoms with Crippen LogP contribution in [0.4, 0.5) is 0 Å². The van der Waals surface area contributed by atoms with Gasteiger partial charge in [-0.05, 0) is 26.0 Å². The Balaban J connectivity index is 1.94. The number of hydrogen-bond acceptors (Lipinski definition) is 5. The van der Waals surface area contributed by atoms with E-state index in [1.165, 1.54) is 11.8 Å². The van der Waals surface area contributed by atoms with Crippen LogP contribution in [-0.2, 0) is 9.53 Å². The van der Waals surface area contributed by atoms with Gasteiger partial charge in [0.25, 0.3) is 0 Å². The zero-order valence-electron chi connectivity index (χ0n) is 11.6. The fraction of sp³-hybridized carbons (Fsp3) is 0.500. The summed E-state index contributed by atoms with van der Waals surface area (Å²) in [6.07, 6.45) is 1.77. The third-order valence-corrected chi connectivity index (χ3v) is 3.99. The average Bonchev–Trinajstić information content (AvgIpc) is 2.44. The fourth-order valence-corrected chi connectivity index (χ4v) is 3.04. The Morgan fingerprint density at radius 2 is 2.25 bits per heavy atom. The Bertz CT molecular complexity index is 519. The summed E-state index contributed by atoms with van der Waals surface area (Å²) < 4.78 is 5.61. The molecule has 2 rings (SSSR count). The van der Waals surface area contributed by atoms with Gasteiger partial charge in [0.05, 0.1) is 23.5 Å². The van der Waals surface area contributed by atoms with Crippen molar-refractivity contribution >= 4 is 17.7 Å². The minimum absolute atomic E-state index is 0.0616. The van der Waals surface area contributed by atoms with Gasteiger partial charge in [-0.1, -0.05) is 11.8 Å². The number of morpholine rings is 1. The van der Waals surface area contributed by atoms with Crippen molar-refractivity contribution in [3.05, 3.63) is 23.9 Å². The van der Waals surface area contributed by atoms with Crippen molar-refractivity contribution in [2.75, 3.05) is 18.8 Å². The molecule has 0 unspecified atom stereocenters. The normalized spacial score (nSPS) is 22.4. The van der Waals surface area contributed by atoms with Gasteiger partial charge in [0, 0.05) is 19.3 Å². The summed E-state index contributed by atoms with van der Waals surface area (Å²) in [5.74, 6) is 0.358. The summed E-state index contributed by atoms with van der Waals surface area (Å²) >= 11 is 1.31. The number of carbonyl (C=O) groups is 1. The summed E-state index contributed by atoms with van der Waals surface area (Å²) in [6.45, 7) is 5.18. The molecule has 6 heteroatoms. The number of rotatable bonds is 3. The number of thioether (sulfide) groups is 1. The largest absolute Gasteiger partial charge is 0.372 e. The van der Waals surface area contributed by atoms with Gasteiger partial charge in [-0.3, -0.25) is 4.79 Å². The van der Waals surface area contributed by atoms with Crippen molar-refractivity contribution in [2.24, 2.45) is 0 Å². The molecule has 1 aliphatic rings. The minimum Gasteiger partial charge on any atom is -0.372 e. The first-order valence-corrected chi connectivity index (χ1v) is 7.50. The van der Waals surface area contributed by atoms with Crippen molar-refractivity contribution in [3.63, 3.8) is 0 Å². The monoisotopic (exact) mass is 291 g/mol. The number of aromatic nitrogens is 1. The van der Waals surface area contributed by atoms with Gasteiger partial charge < -0.3 is 9.64 Å². The zero-order valence-corrected chi connectivity index (χ0v) is 12.4. The third kappa shape index (κ3) is 3.71. The van der Waals surface area contributed by atoms with Crippen LogP contribution in [0.1, 0.15) is 19.4 Å². The van der Waals surface area contributed by atoms with Gasteiger partial charge in [-0.25, -0.2) is 4.98 Å². The lowest BCUT2D eigenvalue weighted by atomic mass is 10.2. The molecule has 0 spiro atoms. The number of nitrogens with zero attached hydrogens (tertiary/aromatic N) is 3. The highest BCUT2D eigenvalue weighted by atomic mass is 32.2. The van der Waals surface area contributed by atoms with E-state index >= 15 is 0 Å². The number of hydrogen-bond donors (Lipinski definition) is 0. The van der Waals surface area contributed by atoms with E-state index in [2.05, 4.69) is 11.1 Å². The topological polar surface area (TPSA) is 66.2 Å². The molecule has 0 saturated carbocycles. The third-order valence-electron chi connectivity index (χ3n) is 3.00. The van der Waals surface area contributed by atoms with Crippen molar-refractivity contribution in [1.82, 2.24) is 9.88 Å². The van der Waals surface area contributed by atoms with Crippen LogP contribution in [-0.4, -0.2) is 46.8 Å². The second-order valence-corrected chi connectivity index (χ2v) is 5.78. The summed E-state index contributed by atoms with van der Waals surface area (Å²) in [6, 6.07) is 5.51. The van der Waals surface area contributed by atoms with Crippen LogP contribution >= 0.6 is 11.8 Å². The first-order valence-electron chi connectivity index (χ1n) is 6.51. The first kappa shape index (κ1) is 14.8. The van der Waals surface area contributed by atoms with E-state index in [-0.39, 0.29) is 18.1 Å². The molecular formula is C14H17N3O2S. The van der Waals surface area contributed by atoms with Crippen LogP contribution < -0.4 is 0 Å². The van der Waals surface area contributed by atoms with E-state index in [0.29, 0.717) is 29.4 Å². The maximum Gasteiger partial charge on any atom is 0.233 e. The SMILES string of the molecule is C[C@H]1CN(C(=O)CSc2ncccc2C#N)C[C@H](C)O1. The highest BCUT2D eigenvalue weighted by Gasteiger charge is 2.25. The van der Waals surface area contributed by atoms with Gasteiger partial charge >= 0.3 is 0 Å². The quantitative estimate of drug-likeness (QED) is 0.793. The van der Waals surface area contributed by atoms with E-state index in [4.69, 9.17) is 10.00 Å². The summed E-state index contributed by atoms with van der Waals surface area (Å²) in [7, 11) is 0. The van der Waals surface area contributed by atoms with Crippen molar-refractivity contribution < 1.29 is 9.53 Å². The number of amides is 1. The van der Waals surface area contributed by atoms with E-state index in [0.717, 1.165) is 0 Å². The lowest BCUT2D eigenvalue weighted by molar-refractivity contribution is -0.140. The minimum atomic E-state index is 0.0616. The highest BCUT2D eigenvalue weighted by Crippen LogP contribution is 2.20. The first-order chi connectivity index (χ1) is 9.60. The smallest absolute Gasteiger partial charge is 0.233 e. The fourth-order valence-electron chi connectivity index (χ4n) is 2.19. The lowest BCUT2D eigenvalue weighted by Gasteiger charge is -2.35. The molecule has 1 fully saturated rings. The molecule has 0 aromatic carbocycles. The molecule has 5 nitrogen and oxygen atoms in total. The lowest BCUT2D eigenvalue weighted by Crippen LogP contribution is -2.48. The Kier molecular flexibility index (Phi) is 4.99. The van der Waals surface area contributed by atoms with Crippen LogP contribution in [0.5, 0.6) is 0 Å². The standard InChI is InChI=1S/C14H17N3O2S/c1-10-7-17(8-11(2)19-10)13(18)9-20-14-12(6-15)4-3-5-16-14/h3-5,10-11H,7-9H2,1-2H3/t10-,11-/m0/s1. The van der Waals surface area contributed by atoms with Crippen LogP contribution in [0.2, 0.25) is 0 Å².